The highest BCUT2D eigenvalue weighted by Crippen LogP contribution is 2.62. The van der Waals surface area contributed by atoms with Gasteiger partial charge in [-0.2, -0.15) is 0 Å². The number of ether oxygens (including phenoxy) is 1. The molecule has 0 spiro atoms. The van der Waals surface area contributed by atoms with Gasteiger partial charge in [0, 0.05) is 31.2 Å². The zero-order valence-corrected chi connectivity index (χ0v) is 13.8. The third-order valence-electron chi connectivity index (χ3n) is 5.57. The Balaban J connectivity index is 1.82. The van der Waals surface area contributed by atoms with Crippen molar-refractivity contribution in [2.45, 2.75) is 27.2 Å². The van der Waals surface area contributed by atoms with Crippen LogP contribution in [0.1, 0.15) is 36.2 Å². The van der Waals surface area contributed by atoms with Crippen LogP contribution in [-0.2, 0) is 4.74 Å². The fraction of sp³-hybridized carbons (Fsp3) is 0.611. The zero-order chi connectivity index (χ0) is 16.1. The summed E-state index contributed by atoms with van der Waals surface area (Å²) in [5.41, 5.74) is 1.73. The molecular weight excluding hydrogens is 278 g/mol. The zero-order valence-electron chi connectivity index (χ0n) is 13.8. The van der Waals surface area contributed by atoms with Gasteiger partial charge in [0.25, 0.3) is 5.91 Å². The van der Waals surface area contributed by atoms with E-state index in [2.05, 4.69) is 13.8 Å². The minimum absolute atomic E-state index is 0.0102. The van der Waals surface area contributed by atoms with E-state index >= 15 is 0 Å². The summed E-state index contributed by atoms with van der Waals surface area (Å²) >= 11 is 0. The Kier molecular flexibility index (Phi) is 3.48. The Morgan fingerprint density at radius 2 is 2.18 bits per heavy atom. The van der Waals surface area contributed by atoms with E-state index in [1.54, 1.807) is 25.3 Å². The smallest absolute Gasteiger partial charge is 0.254 e. The third-order valence-corrected chi connectivity index (χ3v) is 5.57. The summed E-state index contributed by atoms with van der Waals surface area (Å²) in [7, 11) is 1.74. The van der Waals surface area contributed by atoms with Crippen molar-refractivity contribution >= 4 is 5.91 Å². The van der Waals surface area contributed by atoms with E-state index in [1.807, 2.05) is 11.8 Å². The molecule has 2 aliphatic rings. The molecule has 1 saturated heterocycles. The molecule has 120 valence electrons. The van der Waals surface area contributed by atoms with Crippen molar-refractivity contribution in [2.75, 3.05) is 26.8 Å². The fourth-order valence-corrected chi connectivity index (χ4v) is 4.69. The lowest BCUT2D eigenvalue weighted by Crippen LogP contribution is -2.55. The lowest BCUT2D eigenvalue weighted by molar-refractivity contribution is -0.107. The number of aromatic hydroxyl groups is 1. The van der Waals surface area contributed by atoms with Crippen LogP contribution < -0.4 is 0 Å². The fourth-order valence-electron chi connectivity index (χ4n) is 4.69. The number of nitrogens with zero attached hydrogens (tertiary/aromatic N) is 1. The number of likely N-dealkylation sites (tertiary alicyclic amines) is 1. The molecule has 1 aliphatic heterocycles. The summed E-state index contributed by atoms with van der Waals surface area (Å²) in [4.78, 5) is 14.7. The molecule has 1 aromatic rings. The summed E-state index contributed by atoms with van der Waals surface area (Å²) in [5.74, 6) is 0.680. The Labute approximate surface area is 132 Å². The van der Waals surface area contributed by atoms with Crippen molar-refractivity contribution in [3.8, 4) is 5.75 Å². The Bertz CT molecular complexity index is 610. The molecule has 4 nitrogen and oxygen atoms in total. The summed E-state index contributed by atoms with van der Waals surface area (Å²) in [5, 5.41) is 9.84. The minimum Gasteiger partial charge on any atom is -0.508 e. The first-order chi connectivity index (χ1) is 10.3. The normalized spacial score (nSPS) is 29.1. The van der Waals surface area contributed by atoms with Gasteiger partial charge in [0.2, 0.25) is 0 Å². The summed E-state index contributed by atoms with van der Waals surface area (Å²) < 4.78 is 5.43. The summed E-state index contributed by atoms with van der Waals surface area (Å²) in [6.45, 7) is 8.63. The molecule has 0 radical (unpaired) electrons. The summed E-state index contributed by atoms with van der Waals surface area (Å²) in [6.07, 6.45) is 1.10. The number of hydrogen-bond acceptors (Lipinski definition) is 3. The molecule has 3 rings (SSSR count). The maximum atomic E-state index is 12.8. The van der Waals surface area contributed by atoms with E-state index in [-0.39, 0.29) is 22.5 Å². The molecule has 2 atom stereocenters. The highest BCUT2D eigenvalue weighted by Gasteiger charge is 2.63. The van der Waals surface area contributed by atoms with E-state index in [1.165, 1.54) is 0 Å². The van der Waals surface area contributed by atoms with Gasteiger partial charge in [-0.25, -0.2) is 0 Å². The SMILES string of the molecule is COC[C@@]12CN(C(=O)c3ccc(C)c(O)c3)C[C@@H]1C(C)(C)C2. The van der Waals surface area contributed by atoms with Crippen molar-refractivity contribution in [2.24, 2.45) is 16.7 Å². The highest BCUT2D eigenvalue weighted by atomic mass is 16.5. The Morgan fingerprint density at radius 3 is 2.77 bits per heavy atom. The van der Waals surface area contributed by atoms with Crippen molar-refractivity contribution in [1.82, 2.24) is 4.90 Å². The number of aryl methyl sites for hydroxylation is 1. The number of rotatable bonds is 3. The van der Waals surface area contributed by atoms with Gasteiger partial charge >= 0.3 is 0 Å². The molecule has 1 saturated carbocycles. The molecule has 2 fully saturated rings. The third kappa shape index (κ3) is 2.21. The van der Waals surface area contributed by atoms with Gasteiger partial charge in [-0.1, -0.05) is 19.9 Å². The van der Waals surface area contributed by atoms with Crippen LogP contribution in [0.25, 0.3) is 0 Å². The molecule has 1 aromatic carbocycles. The van der Waals surface area contributed by atoms with Crippen LogP contribution in [-0.4, -0.2) is 42.7 Å². The molecule has 1 amide bonds. The number of hydrogen-bond donors (Lipinski definition) is 1. The highest BCUT2D eigenvalue weighted by molar-refractivity contribution is 5.95. The molecule has 1 heterocycles. The van der Waals surface area contributed by atoms with Crippen LogP contribution >= 0.6 is 0 Å². The number of phenols is 1. The average molecular weight is 303 g/mol. The largest absolute Gasteiger partial charge is 0.508 e. The number of benzene rings is 1. The van der Waals surface area contributed by atoms with Crippen LogP contribution in [0.5, 0.6) is 5.75 Å². The predicted molar refractivity (Wildman–Crippen MR) is 84.9 cm³/mol. The second kappa shape index (κ2) is 4.98. The average Bonchev–Trinajstić information content (AvgIpc) is 2.76. The standard InChI is InChI=1S/C18H25NO3/c1-12-5-6-13(7-14(12)20)16(21)19-8-15-17(2,3)9-18(15,10-19)11-22-4/h5-7,15,20H,8-11H2,1-4H3/t15-,18-/m1/s1. The number of phenolic OH excluding ortho intramolecular Hbond substituents is 1. The molecule has 0 bridgehead atoms. The van der Waals surface area contributed by atoms with E-state index in [4.69, 9.17) is 4.74 Å². The van der Waals surface area contributed by atoms with E-state index in [0.717, 1.165) is 25.1 Å². The minimum atomic E-state index is 0.0102. The molecule has 1 N–H and O–H groups in total. The number of carbonyl (C=O) groups is 1. The maximum absolute atomic E-state index is 12.8. The van der Waals surface area contributed by atoms with Crippen LogP contribution in [0, 0.1) is 23.7 Å². The van der Waals surface area contributed by atoms with Crippen LogP contribution in [0.4, 0.5) is 0 Å². The quantitative estimate of drug-likeness (QED) is 0.934. The number of fused-ring (bicyclic) bond motifs is 1. The van der Waals surface area contributed by atoms with Crippen LogP contribution in [0.2, 0.25) is 0 Å². The van der Waals surface area contributed by atoms with Gasteiger partial charge in [-0.15, -0.1) is 0 Å². The molecule has 0 aromatic heterocycles. The molecular formula is C18H25NO3. The van der Waals surface area contributed by atoms with Gasteiger partial charge in [-0.05, 0) is 42.4 Å². The van der Waals surface area contributed by atoms with Gasteiger partial charge in [0.05, 0.1) is 6.61 Å². The predicted octanol–water partition coefficient (Wildman–Crippen LogP) is 2.84. The number of carbonyl (C=O) groups excluding carboxylic acids is 1. The number of methoxy groups -OCH3 is 1. The maximum Gasteiger partial charge on any atom is 0.254 e. The van der Waals surface area contributed by atoms with Gasteiger partial charge in [-0.3, -0.25) is 4.79 Å². The van der Waals surface area contributed by atoms with E-state index < -0.39 is 0 Å². The van der Waals surface area contributed by atoms with Crippen molar-refractivity contribution < 1.29 is 14.6 Å². The second-order valence-electron chi connectivity index (χ2n) is 7.70. The van der Waals surface area contributed by atoms with Gasteiger partial charge in [0.15, 0.2) is 0 Å². The number of amides is 1. The molecule has 22 heavy (non-hydrogen) atoms. The lowest BCUT2D eigenvalue weighted by Gasteiger charge is -2.56. The molecule has 0 unspecified atom stereocenters. The Morgan fingerprint density at radius 1 is 1.45 bits per heavy atom. The van der Waals surface area contributed by atoms with Crippen molar-refractivity contribution in [1.29, 1.82) is 0 Å². The first-order valence-corrected chi connectivity index (χ1v) is 7.87. The Hall–Kier alpha value is -1.55. The topological polar surface area (TPSA) is 49.8 Å². The first-order valence-electron chi connectivity index (χ1n) is 7.87. The first kappa shape index (κ1) is 15.3. The summed E-state index contributed by atoms with van der Waals surface area (Å²) in [6, 6.07) is 5.17. The van der Waals surface area contributed by atoms with E-state index in [9.17, 15) is 9.90 Å². The van der Waals surface area contributed by atoms with Gasteiger partial charge < -0.3 is 14.7 Å². The van der Waals surface area contributed by atoms with Crippen molar-refractivity contribution in [3.63, 3.8) is 0 Å². The molecule has 4 heteroatoms. The van der Waals surface area contributed by atoms with Gasteiger partial charge in [0.1, 0.15) is 5.75 Å². The monoisotopic (exact) mass is 303 g/mol. The van der Waals surface area contributed by atoms with E-state index in [0.29, 0.717) is 18.1 Å². The molecule has 1 aliphatic carbocycles. The van der Waals surface area contributed by atoms with Crippen LogP contribution in [0.15, 0.2) is 18.2 Å². The van der Waals surface area contributed by atoms with Crippen LogP contribution in [0.3, 0.4) is 0 Å². The second-order valence-corrected chi connectivity index (χ2v) is 7.70. The lowest BCUT2D eigenvalue weighted by atomic mass is 9.48. The van der Waals surface area contributed by atoms with Crippen molar-refractivity contribution in [3.05, 3.63) is 29.3 Å².